The number of benzene rings is 1. The monoisotopic (exact) mass is 406 g/mol. The topological polar surface area (TPSA) is 117 Å². The van der Waals surface area contributed by atoms with Crippen molar-refractivity contribution in [1.82, 2.24) is 9.88 Å². The van der Waals surface area contributed by atoms with Crippen molar-refractivity contribution < 1.29 is 24.2 Å². The Kier molecular flexibility index (Phi) is 4.31. The van der Waals surface area contributed by atoms with Gasteiger partial charge in [0.2, 0.25) is 11.8 Å². The molecular formula is C17H14N2O6S2. The highest BCUT2D eigenvalue weighted by Gasteiger charge is 2.56. The number of H-pyrrole nitrogens is 1. The first kappa shape index (κ1) is 17.8. The molecule has 0 bridgehead atoms. The molecule has 4 rings (SSSR count). The van der Waals surface area contributed by atoms with Crippen LogP contribution in [0.4, 0.5) is 0 Å². The molecule has 140 valence electrons. The fourth-order valence-corrected chi connectivity index (χ4v) is 6.07. The lowest BCUT2D eigenvalue weighted by Crippen LogP contribution is -2.36. The second-order valence-electron chi connectivity index (χ2n) is 6.18. The molecule has 0 unspecified atom stereocenters. The Balaban J connectivity index is 1.83. The Morgan fingerprint density at radius 3 is 2.56 bits per heavy atom. The Labute approximate surface area is 161 Å². The molecule has 2 aromatic rings. The van der Waals surface area contributed by atoms with E-state index in [9.17, 15) is 19.2 Å². The van der Waals surface area contributed by atoms with Crippen LogP contribution in [0.25, 0.3) is 0 Å². The molecule has 2 N–H and O–H groups in total. The van der Waals surface area contributed by atoms with E-state index in [0.717, 1.165) is 33.6 Å². The van der Waals surface area contributed by atoms with Crippen molar-refractivity contribution in [2.24, 2.45) is 5.92 Å². The van der Waals surface area contributed by atoms with Gasteiger partial charge in [-0.05, 0) is 17.7 Å². The normalized spacial score (nSPS) is 23.9. The zero-order valence-corrected chi connectivity index (χ0v) is 15.6. The standard InChI is InChI=1S/C17H14N2O6S2/c1-25-8-4-2-7(3-5-8)10-11-13(26-14-12(10)27-17(24)18-14)16(23)19(15(11)22)6-9(20)21/h2-5,10-11,13H,6H2,1H3,(H,18,24)(H,20,21)/t10-,11-,13-/m1/s1. The number of ether oxygens (including phenoxy) is 1. The van der Waals surface area contributed by atoms with Crippen LogP contribution in [-0.4, -0.2) is 51.7 Å². The number of fused-ring (bicyclic) bond motifs is 2. The minimum absolute atomic E-state index is 0.256. The van der Waals surface area contributed by atoms with E-state index in [-0.39, 0.29) is 4.87 Å². The van der Waals surface area contributed by atoms with E-state index in [4.69, 9.17) is 9.84 Å². The fourth-order valence-electron chi connectivity index (χ4n) is 3.54. The van der Waals surface area contributed by atoms with Gasteiger partial charge in [0.25, 0.3) is 0 Å². The molecular weight excluding hydrogens is 392 g/mol. The molecule has 27 heavy (non-hydrogen) atoms. The van der Waals surface area contributed by atoms with Gasteiger partial charge < -0.3 is 14.8 Å². The number of carbonyl (C=O) groups excluding carboxylic acids is 2. The van der Waals surface area contributed by atoms with Gasteiger partial charge in [0.05, 0.1) is 18.1 Å². The highest BCUT2D eigenvalue weighted by molar-refractivity contribution is 8.00. The van der Waals surface area contributed by atoms with Crippen molar-refractivity contribution in [1.29, 1.82) is 0 Å². The maximum absolute atomic E-state index is 12.9. The van der Waals surface area contributed by atoms with Gasteiger partial charge in [-0.2, -0.15) is 0 Å². The van der Waals surface area contributed by atoms with Crippen molar-refractivity contribution in [3.63, 3.8) is 0 Å². The number of carboxylic acid groups (broad SMARTS) is 1. The van der Waals surface area contributed by atoms with Crippen LogP contribution in [0, 0.1) is 5.92 Å². The number of methoxy groups -OCH3 is 1. The van der Waals surface area contributed by atoms with Crippen LogP contribution < -0.4 is 9.61 Å². The fraction of sp³-hybridized carbons (Fsp3) is 0.294. The van der Waals surface area contributed by atoms with Crippen molar-refractivity contribution in [3.8, 4) is 5.75 Å². The van der Waals surface area contributed by atoms with Crippen LogP contribution in [0.1, 0.15) is 16.4 Å². The molecule has 1 aromatic carbocycles. The van der Waals surface area contributed by atoms with E-state index in [1.807, 2.05) is 0 Å². The van der Waals surface area contributed by atoms with Gasteiger partial charge in [-0.25, -0.2) is 0 Å². The molecule has 0 spiro atoms. The van der Waals surface area contributed by atoms with Crippen molar-refractivity contribution in [2.45, 2.75) is 16.2 Å². The van der Waals surface area contributed by atoms with Crippen LogP contribution in [0.2, 0.25) is 0 Å². The molecule has 1 fully saturated rings. The number of thioether (sulfide) groups is 1. The van der Waals surface area contributed by atoms with Crippen molar-refractivity contribution >= 4 is 40.9 Å². The lowest BCUT2D eigenvalue weighted by molar-refractivity contribution is -0.149. The third-order valence-corrected chi connectivity index (χ3v) is 7.08. The SMILES string of the molecule is COc1ccc([C@H]2c3sc(=O)[nH]c3S[C@H]3C(=O)N(CC(=O)O)C(=O)[C@H]23)cc1. The molecule has 8 nitrogen and oxygen atoms in total. The van der Waals surface area contributed by atoms with Crippen LogP contribution in [0.5, 0.6) is 5.75 Å². The molecule has 0 radical (unpaired) electrons. The van der Waals surface area contributed by atoms with Crippen LogP contribution in [0.3, 0.4) is 0 Å². The Morgan fingerprint density at radius 2 is 1.93 bits per heavy atom. The molecule has 2 amide bonds. The number of hydrogen-bond acceptors (Lipinski definition) is 7. The van der Waals surface area contributed by atoms with Crippen molar-refractivity contribution in [3.05, 3.63) is 44.4 Å². The number of amides is 2. The molecule has 2 aliphatic rings. The quantitative estimate of drug-likeness (QED) is 0.731. The number of hydrogen-bond donors (Lipinski definition) is 2. The summed E-state index contributed by atoms with van der Waals surface area (Å²) < 4.78 is 5.16. The molecule has 1 saturated heterocycles. The predicted octanol–water partition coefficient (Wildman–Crippen LogP) is 1.12. The van der Waals surface area contributed by atoms with E-state index >= 15 is 0 Å². The predicted molar refractivity (Wildman–Crippen MR) is 97.3 cm³/mol. The summed E-state index contributed by atoms with van der Waals surface area (Å²) in [5.74, 6) is -2.92. The number of aromatic amines is 1. The molecule has 1 aromatic heterocycles. The third kappa shape index (κ3) is 2.85. The summed E-state index contributed by atoms with van der Waals surface area (Å²) in [6.07, 6.45) is 0. The van der Waals surface area contributed by atoms with Gasteiger partial charge in [0, 0.05) is 10.8 Å². The Hall–Kier alpha value is -2.59. The number of thiazole rings is 1. The second kappa shape index (κ2) is 6.54. The highest BCUT2D eigenvalue weighted by Crippen LogP contribution is 2.52. The number of carbonyl (C=O) groups is 3. The Bertz CT molecular complexity index is 996. The molecule has 0 saturated carbocycles. The van der Waals surface area contributed by atoms with Gasteiger partial charge in [-0.15, -0.1) is 0 Å². The number of carboxylic acids is 1. The molecule has 0 aliphatic carbocycles. The Morgan fingerprint density at radius 1 is 1.22 bits per heavy atom. The van der Waals surface area contributed by atoms with Crippen LogP contribution in [-0.2, 0) is 14.4 Å². The summed E-state index contributed by atoms with van der Waals surface area (Å²) in [5.41, 5.74) is 0.765. The maximum atomic E-state index is 12.9. The van der Waals surface area contributed by atoms with E-state index in [1.165, 1.54) is 0 Å². The summed E-state index contributed by atoms with van der Waals surface area (Å²) in [6.45, 7) is -0.662. The summed E-state index contributed by atoms with van der Waals surface area (Å²) in [6, 6.07) is 7.08. The van der Waals surface area contributed by atoms with Gasteiger partial charge in [0.1, 0.15) is 17.5 Å². The lowest BCUT2D eigenvalue weighted by Gasteiger charge is -2.29. The number of nitrogens with one attached hydrogen (secondary N) is 1. The first-order valence-corrected chi connectivity index (χ1v) is 9.71. The maximum Gasteiger partial charge on any atom is 0.323 e. The van der Waals surface area contributed by atoms with Gasteiger partial charge in [-0.3, -0.25) is 24.1 Å². The summed E-state index contributed by atoms with van der Waals surface area (Å²) in [5, 5.41) is 8.84. The van der Waals surface area contributed by atoms with E-state index in [1.54, 1.807) is 31.4 Å². The molecule has 3 heterocycles. The summed E-state index contributed by atoms with van der Waals surface area (Å²) in [7, 11) is 1.54. The molecule has 3 atom stereocenters. The first-order chi connectivity index (χ1) is 12.9. The third-order valence-electron chi connectivity index (χ3n) is 4.68. The van der Waals surface area contributed by atoms with E-state index in [2.05, 4.69) is 4.98 Å². The number of likely N-dealkylation sites (tertiary alicyclic amines) is 1. The lowest BCUT2D eigenvalue weighted by atomic mass is 9.83. The number of aromatic nitrogens is 1. The minimum Gasteiger partial charge on any atom is -0.497 e. The van der Waals surface area contributed by atoms with E-state index < -0.39 is 41.4 Å². The second-order valence-corrected chi connectivity index (χ2v) is 8.35. The number of aliphatic carboxylic acids is 1. The van der Waals surface area contributed by atoms with Gasteiger partial charge >= 0.3 is 10.8 Å². The largest absolute Gasteiger partial charge is 0.497 e. The minimum atomic E-state index is -1.25. The van der Waals surface area contributed by atoms with Crippen LogP contribution in [0.15, 0.2) is 34.1 Å². The highest BCUT2D eigenvalue weighted by atomic mass is 32.2. The summed E-state index contributed by atoms with van der Waals surface area (Å²) in [4.78, 5) is 52.6. The van der Waals surface area contributed by atoms with Gasteiger partial charge in [-0.1, -0.05) is 35.2 Å². The average Bonchev–Trinajstić information content (AvgIpc) is 3.12. The average molecular weight is 406 g/mol. The number of imide groups is 1. The summed E-state index contributed by atoms with van der Waals surface area (Å²) >= 11 is 2.13. The first-order valence-electron chi connectivity index (χ1n) is 8.01. The van der Waals surface area contributed by atoms with Crippen LogP contribution >= 0.6 is 23.1 Å². The number of rotatable bonds is 4. The smallest absolute Gasteiger partial charge is 0.323 e. The van der Waals surface area contributed by atoms with Crippen molar-refractivity contribution in [2.75, 3.05) is 13.7 Å². The zero-order valence-electron chi connectivity index (χ0n) is 14.0. The van der Waals surface area contributed by atoms with E-state index in [0.29, 0.717) is 15.7 Å². The van der Waals surface area contributed by atoms with Gasteiger partial charge in [0.15, 0.2) is 0 Å². The molecule has 10 heteroatoms. The zero-order chi connectivity index (χ0) is 19.3. The number of nitrogens with zero attached hydrogens (tertiary/aromatic N) is 1. The molecule has 2 aliphatic heterocycles.